The van der Waals surface area contributed by atoms with Crippen molar-refractivity contribution in [3.8, 4) is 11.5 Å². The van der Waals surface area contributed by atoms with Gasteiger partial charge in [-0.15, -0.1) is 0 Å². The van der Waals surface area contributed by atoms with Crippen LogP contribution in [0.4, 0.5) is 0 Å². The van der Waals surface area contributed by atoms with E-state index in [0.29, 0.717) is 6.54 Å². The minimum absolute atomic E-state index is 0.683. The maximum Gasteiger partial charge on any atom is 0.127 e. The number of hydrogen-bond donors (Lipinski definition) is 1. The second kappa shape index (κ2) is 6.96. The van der Waals surface area contributed by atoms with Crippen LogP contribution in [0.3, 0.4) is 0 Å². The minimum atomic E-state index is 0.683. The van der Waals surface area contributed by atoms with E-state index in [1.54, 1.807) is 14.2 Å². The van der Waals surface area contributed by atoms with Gasteiger partial charge in [-0.25, -0.2) is 0 Å². The molecule has 2 rings (SSSR count). The third-order valence-corrected chi connectivity index (χ3v) is 3.24. The molecule has 0 spiro atoms. The Morgan fingerprint density at radius 3 is 2.40 bits per heavy atom. The van der Waals surface area contributed by atoms with Gasteiger partial charge in [0, 0.05) is 31.4 Å². The summed E-state index contributed by atoms with van der Waals surface area (Å²) in [6, 6.07) is 7.83. The van der Waals surface area contributed by atoms with Crippen molar-refractivity contribution >= 4 is 0 Å². The minimum Gasteiger partial charge on any atom is -0.496 e. The first-order valence-electron chi connectivity index (χ1n) is 6.71. The quantitative estimate of drug-likeness (QED) is 0.841. The van der Waals surface area contributed by atoms with E-state index in [1.165, 1.54) is 5.69 Å². The lowest BCUT2D eigenvalue weighted by atomic mass is 10.1. The van der Waals surface area contributed by atoms with Crippen molar-refractivity contribution < 1.29 is 9.47 Å². The molecule has 0 amide bonds. The van der Waals surface area contributed by atoms with Crippen molar-refractivity contribution in [2.75, 3.05) is 14.2 Å². The average Bonchev–Trinajstić information content (AvgIpc) is 2.94. The summed E-state index contributed by atoms with van der Waals surface area (Å²) < 4.78 is 12.7. The van der Waals surface area contributed by atoms with E-state index in [0.717, 1.165) is 30.2 Å². The van der Waals surface area contributed by atoms with E-state index in [-0.39, 0.29) is 0 Å². The molecule has 0 radical (unpaired) electrons. The van der Waals surface area contributed by atoms with Crippen LogP contribution in [0, 0.1) is 0 Å². The molecule has 1 heterocycles. The maximum atomic E-state index is 5.38. The number of benzene rings is 1. The topological polar surface area (TPSA) is 48.3 Å². The predicted molar refractivity (Wildman–Crippen MR) is 78.0 cm³/mol. The summed E-state index contributed by atoms with van der Waals surface area (Å²) in [4.78, 5) is 0. The highest BCUT2D eigenvalue weighted by molar-refractivity contribution is 5.44. The van der Waals surface area contributed by atoms with Crippen LogP contribution in [0.15, 0.2) is 30.5 Å². The van der Waals surface area contributed by atoms with Crippen LogP contribution in [0.1, 0.15) is 18.2 Å². The van der Waals surface area contributed by atoms with Crippen LogP contribution in [-0.2, 0) is 19.6 Å². The Balaban J connectivity index is 2.04. The lowest BCUT2D eigenvalue weighted by molar-refractivity contribution is 0.382. The van der Waals surface area contributed by atoms with Crippen LogP contribution < -0.4 is 14.8 Å². The van der Waals surface area contributed by atoms with Crippen molar-refractivity contribution in [2.45, 2.75) is 26.6 Å². The zero-order chi connectivity index (χ0) is 14.4. The Kier molecular flexibility index (Phi) is 5.01. The smallest absolute Gasteiger partial charge is 0.127 e. The van der Waals surface area contributed by atoms with Gasteiger partial charge in [0.15, 0.2) is 0 Å². The molecule has 0 saturated carbocycles. The highest BCUT2D eigenvalue weighted by atomic mass is 16.5. The van der Waals surface area contributed by atoms with E-state index < -0.39 is 0 Å². The van der Waals surface area contributed by atoms with E-state index >= 15 is 0 Å². The van der Waals surface area contributed by atoms with Gasteiger partial charge in [0.2, 0.25) is 0 Å². The number of ether oxygens (including phenoxy) is 2. The van der Waals surface area contributed by atoms with Crippen molar-refractivity contribution in [2.24, 2.45) is 0 Å². The van der Waals surface area contributed by atoms with Gasteiger partial charge in [-0.3, -0.25) is 4.68 Å². The second-order valence-corrected chi connectivity index (χ2v) is 4.38. The molecule has 20 heavy (non-hydrogen) atoms. The molecule has 1 aromatic heterocycles. The molecule has 0 unspecified atom stereocenters. The van der Waals surface area contributed by atoms with E-state index in [2.05, 4.69) is 17.3 Å². The van der Waals surface area contributed by atoms with E-state index in [9.17, 15) is 0 Å². The summed E-state index contributed by atoms with van der Waals surface area (Å²) >= 11 is 0. The summed E-state index contributed by atoms with van der Waals surface area (Å²) in [5.74, 6) is 1.67. The van der Waals surface area contributed by atoms with Gasteiger partial charge in [0.05, 0.1) is 19.9 Å². The van der Waals surface area contributed by atoms with Crippen LogP contribution in [0.25, 0.3) is 0 Å². The Morgan fingerprint density at radius 1 is 1.10 bits per heavy atom. The third-order valence-electron chi connectivity index (χ3n) is 3.24. The molecule has 0 aliphatic heterocycles. The van der Waals surface area contributed by atoms with Crippen molar-refractivity contribution in [3.63, 3.8) is 0 Å². The van der Waals surface area contributed by atoms with Gasteiger partial charge in [-0.2, -0.15) is 5.10 Å². The first kappa shape index (κ1) is 14.4. The third kappa shape index (κ3) is 3.11. The van der Waals surface area contributed by atoms with Crippen molar-refractivity contribution in [3.05, 3.63) is 41.7 Å². The molecule has 0 aliphatic rings. The summed E-state index contributed by atoms with van der Waals surface area (Å²) in [6.45, 7) is 4.40. The first-order valence-corrected chi connectivity index (χ1v) is 6.71. The fourth-order valence-electron chi connectivity index (χ4n) is 2.21. The maximum absolute atomic E-state index is 5.38. The molecule has 1 aromatic carbocycles. The molecule has 1 N–H and O–H groups in total. The summed E-state index contributed by atoms with van der Waals surface area (Å²) in [5, 5.41) is 7.66. The van der Waals surface area contributed by atoms with Gasteiger partial charge >= 0.3 is 0 Å². The number of nitrogens with one attached hydrogen (secondary N) is 1. The standard InChI is InChI=1S/C15H21N3O2/c1-4-18-12(8-9-17-18)10-16-11-13-14(19-2)6-5-7-15(13)20-3/h5-9,16H,4,10-11H2,1-3H3. The second-order valence-electron chi connectivity index (χ2n) is 4.38. The Morgan fingerprint density at radius 2 is 1.80 bits per heavy atom. The molecule has 0 bridgehead atoms. The number of aryl methyl sites for hydroxylation is 1. The van der Waals surface area contributed by atoms with Crippen LogP contribution in [0.5, 0.6) is 11.5 Å². The first-order chi connectivity index (χ1) is 9.80. The zero-order valence-electron chi connectivity index (χ0n) is 12.2. The highest BCUT2D eigenvalue weighted by Crippen LogP contribution is 2.27. The van der Waals surface area contributed by atoms with E-state index in [1.807, 2.05) is 35.1 Å². The Labute approximate surface area is 119 Å². The molecule has 2 aromatic rings. The number of rotatable bonds is 7. The number of methoxy groups -OCH3 is 2. The van der Waals surface area contributed by atoms with Gasteiger partial charge in [-0.05, 0) is 25.1 Å². The monoisotopic (exact) mass is 275 g/mol. The zero-order valence-corrected chi connectivity index (χ0v) is 12.2. The van der Waals surface area contributed by atoms with Crippen LogP contribution >= 0.6 is 0 Å². The van der Waals surface area contributed by atoms with Crippen molar-refractivity contribution in [1.29, 1.82) is 0 Å². The van der Waals surface area contributed by atoms with Crippen molar-refractivity contribution in [1.82, 2.24) is 15.1 Å². The molecule has 108 valence electrons. The number of nitrogens with zero attached hydrogens (tertiary/aromatic N) is 2. The van der Waals surface area contributed by atoms with Crippen LogP contribution in [0.2, 0.25) is 0 Å². The van der Waals surface area contributed by atoms with Gasteiger partial charge in [0.1, 0.15) is 11.5 Å². The van der Waals surface area contributed by atoms with Gasteiger partial charge < -0.3 is 14.8 Å². The van der Waals surface area contributed by atoms with Crippen LogP contribution in [-0.4, -0.2) is 24.0 Å². The summed E-state index contributed by atoms with van der Waals surface area (Å²) in [7, 11) is 3.34. The normalized spacial score (nSPS) is 10.6. The van der Waals surface area contributed by atoms with Gasteiger partial charge in [0.25, 0.3) is 0 Å². The molecular weight excluding hydrogens is 254 g/mol. The predicted octanol–water partition coefficient (Wildman–Crippen LogP) is 2.21. The molecule has 0 fully saturated rings. The summed E-state index contributed by atoms with van der Waals surface area (Å²) in [5.41, 5.74) is 2.20. The largest absolute Gasteiger partial charge is 0.496 e. The fraction of sp³-hybridized carbons (Fsp3) is 0.400. The molecule has 0 saturated heterocycles. The fourth-order valence-corrected chi connectivity index (χ4v) is 2.21. The van der Waals surface area contributed by atoms with Gasteiger partial charge in [-0.1, -0.05) is 6.07 Å². The average molecular weight is 275 g/mol. The molecule has 5 nitrogen and oxygen atoms in total. The lowest BCUT2D eigenvalue weighted by Crippen LogP contribution is -2.17. The molecule has 0 aliphatic carbocycles. The Hall–Kier alpha value is -2.01. The Bertz CT molecular complexity index is 530. The molecule has 5 heteroatoms. The number of aromatic nitrogens is 2. The molecular formula is C15H21N3O2. The lowest BCUT2D eigenvalue weighted by Gasteiger charge is -2.14. The SMILES string of the molecule is CCn1nccc1CNCc1c(OC)cccc1OC. The summed E-state index contributed by atoms with van der Waals surface area (Å²) in [6.07, 6.45) is 1.82. The molecule has 0 atom stereocenters. The number of hydrogen-bond acceptors (Lipinski definition) is 4. The highest BCUT2D eigenvalue weighted by Gasteiger charge is 2.09. The van der Waals surface area contributed by atoms with E-state index in [4.69, 9.17) is 9.47 Å².